The maximum absolute atomic E-state index is 12.6. The molecule has 0 saturated carbocycles. The minimum Gasteiger partial charge on any atom is -0.493 e. The summed E-state index contributed by atoms with van der Waals surface area (Å²) in [4.78, 5) is 23.3. The van der Waals surface area contributed by atoms with Gasteiger partial charge in [-0.15, -0.1) is 0 Å². The molecule has 26 heavy (non-hydrogen) atoms. The zero-order valence-electron chi connectivity index (χ0n) is 14.2. The van der Waals surface area contributed by atoms with Gasteiger partial charge in [0.05, 0.1) is 31.3 Å². The van der Waals surface area contributed by atoms with E-state index in [0.717, 1.165) is 6.07 Å². The maximum Gasteiger partial charge on any atom is 0.286 e. The average molecular weight is 399 g/mol. The highest BCUT2D eigenvalue weighted by Crippen LogP contribution is 2.35. The van der Waals surface area contributed by atoms with Gasteiger partial charge in [0.15, 0.2) is 11.5 Å². The first-order valence-electron chi connectivity index (χ1n) is 7.44. The van der Waals surface area contributed by atoms with Crippen molar-refractivity contribution in [2.75, 3.05) is 14.2 Å². The molecule has 7 nitrogen and oxygen atoms in total. The summed E-state index contributed by atoms with van der Waals surface area (Å²) in [6.07, 6.45) is 0. The molecule has 1 atom stereocenters. The lowest BCUT2D eigenvalue weighted by molar-refractivity contribution is -0.385. The van der Waals surface area contributed by atoms with E-state index in [1.807, 2.05) is 0 Å². The molecule has 0 spiro atoms. The number of methoxy groups -OCH3 is 2. The van der Waals surface area contributed by atoms with E-state index < -0.39 is 22.6 Å². The Balaban J connectivity index is 2.37. The Labute approximate surface area is 160 Å². The van der Waals surface area contributed by atoms with Crippen LogP contribution in [0.4, 0.5) is 5.69 Å². The number of nitrogens with zero attached hydrogens (tertiary/aromatic N) is 1. The van der Waals surface area contributed by atoms with E-state index >= 15 is 0 Å². The Morgan fingerprint density at radius 1 is 1.15 bits per heavy atom. The highest BCUT2D eigenvalue weighted by atomic mass is 35.5. The van der Waals surface area contributed by atoms with Gasteiger partial charge in [-0.25, -0.2) is 0 Å². The van der Waals surface area contributed by atoms with Crippen molar-refractivity contribution in [1.82, 2.24) is 5.32 Å². The van der Waals surface area contributed by atoms with Crippen molar-refractivity contribution in [2.45, 2.75) is 13.0 Å². The number of nitro benzene ring substituents is 1. The molecule has 0 fully saturated rings. The van der Waals surface area contributed by atoms with E-state index in [0.29, 0.717) is 15.6 Å². The van der Waals surface area contributed by atoms with E-state index in [1.165, 1.54) is 20.3 Å². The molecule has 1 amide bonds. The maximum atomic E-state index is 12.6. The summed E-state index contributed by atoms with van der Waals surface area (Å²) in [6, 6.07) is 6.79. The van der Waals surface area contributed by atoms with Crippen LogP contribution in [0.5, 0.6) is 11.5 Å². The third-order valence-corrected chi connectivity index (χ3v) is 4.28. The van der Waals surface area contributed by atoms with E-state index in [1.54, 1.807) is 25.1 Å². The third kappa shape index (κ3) is 4.17. The summed E-state index contributed by atoms with van der Waals surface area (Å²) in [5.74, 6) is -0.277. The number of nitrogens with one attached hydrogen (secondary N) is 1. The lowest BCUT2D eigenvalue weighted by Crippen LogP contribution is -2.27. The fraction of sp³-hybridized carbons (Fsp3) is 0.235. The van der Waals surface area contributed by atoms with Crippen LogP contribution in [0.25, 0.3) is 0 Å². The Bertz CT molecular complexity index is 857. The number of amides is 1. The van der Waals surface area contributed by atoms with Crippen molar-refractivity contribution in [3.63, 3.8) is 0 Å². The Morgan fingerprint density at radius 2 is 1.77 bits per heavy atom. The van der Waals surface area contributed by atoms with Crippen LogP contribution in [0.15, 0.2) is 30.3 Å². The Morgan fingerprint density at radius 3 is 2.31 bits per heavy atom. The summed E-state index contributed by atoms with van der Waals surface area (Å²) in [7, 11) is 2.73. The number of hydrogen-bond acceptors (Lipinski definition) is 5. The molecule has 0 aliphatic rings. The summed E-state index contributed by atoms with van der Waals surface area (Å²) >= 11 is 12.0. The fourth-order valence-corrected chi connectivity index (χ4v) is 2.98. The molecule has 9 heteroatoms. The monoisotopic (exact) mass is 398 g/mol. The van der Waals surface area contributed by atoms with Crippen LogP contribution in [0.3, 0.4) is 0 Å². The summed E-state index contributed by atoms with van der Waals surface area (Å²) in [5.41, 5.74) is 0.0895. The van der Waals surface area contributed by atoms with E-state index in [2.05, 4.69) is 5.32 Å². The van der Waals surface area contributed by atoms with Crippen molar-refractivity contribution in [3.05, 3.63) is 61.6 Å². The first kappa shape index (κ1) is 19.8. The zero-order valence-corrected chi connectivity index (χ0v) is 15.7. The molecule has 138 valence electrons. The molecular formula is C17H16Cl2N2O5. The molecular weight excluding hydrogens is 383 g/mol. The second kappa shape index (κ2) is 8.25. The van der Waals surface area contributed by atoms with Gasteiger partial charge < -0.3 is 14.8 Å². The van der Waals surface area contributed by atoms with Gasteiger partial charge in [0.2, 0.25) is 0 Å². The molecule has 0 aliphatic carbocycles. The topological polar surface area (TPSA) is 90.7 Å². The first-order chi connectivity index (χ1) is 12.3. The molecule has 0 bridgehead atoms. The van der Waals surface area contributed by atoms with E-state index in [-0.39, 0.29) is 17.1 Å². The number of halogens is 2. The van der Waals surface area contributed by atoms with Crippen molar-refractivity contribution in [1.29, 1.82) is 0 Å². The number of benzene rings is 2. The van der Waals surface area contributed by atoms with Gasteiger partial charge in [0, 0.05) is 16.1 Å². The lowest BCUT2D eigenvalue weighted by Gasteiger charge is -2.17. The molecule has 0 aliphatic heterocycles. The predicted octanol–water partition coefficient (Wildman–Crippen LogP) is 4.41. The normalized spacial score (nSPS) is 11.6. The van der Waals surface area contributed by atoms with Crippen LogP contribution >= 0.6 is 23.2 Å². The molecule has 1 N–H and O–H groups in total. The molecule has 0 saturated heterocycles. The summed E-state index contributed by atoms with van der Waals surface area (Å²) < 4.78 is 10.2. The van der Waals surface area contributed by atoms with Gasteiger partial charge in [-0.1, -0.05) is 29.3 Å². The van der Waals surface area contributed by atoms with E-state index in [9.17, 15) is 14.9 Å². The molecule has 2 rings (SSSR count). The second-order valence-corrected chi connectivity index (χ2v) is 6.19. The SMILES string of the molecule is COc1cc(C(=O)NC(C)c2ccc(Cl)cc2Cl)c([N+](=O)[O-])cc1OC. The van der Waals surface area contributed by atoms with Gasteiger partial charge in [-0.05, 0) is 24.6 Å². The van der Waals surface area contributed by atoms with Crippen molar-refractivity contribution in [3.8, 4) is 11.5 Å². The fourth-order valence-electron chi connectivity index (χ4n) is 2.41. The first-order valence-corrected chi connectivity index (χ1v) is 8.20. The molecule has 0 heterocycles. The summed E-state index contributed by atoms with van der Waals surface area (Å²) in [5, 5.41) is 14.9. The standard InChI is InChI=1S/C17H16Cl2N2O5/c1-9(11-5-4-10(18)6-13(11)19)20-17(22)12-7-15(25-2)16(26-3)8-14(12)21(23)24/h4-9H,1-3H3,(H,20,22). The van der Waals surface area contributed by atoms with Crippen LogP contribution < -0.4 is 14.8 Å². The van der Waals surface area contributed by atoms with Gasteiger partial charge in [-0.2, -0.15) is 0 Å². The lowest BCUT2D eigenvalue weighted by atomic mass is 10.1. The number of ether oxygens (including phenoxy) is 2. The molecule has 1 unspecified atom stereocenters. The van der Waals surface area contributed by atoms with Gasteiger partial charge in [-0.3, -0.25) is 14.9 Å². The minimum atomic E-state index is -0.656. The zero-order chi connectivity index (χ0) is 19.4. The third-order valence-electron chi connectivity index (χ3n) is 3.72. The predicted molar refractivity (Wildman–Crippen MR) is 98.5 cm³/mol. The molecule has 2 aromatic rings. The second-order valence-electron chi connectivity index (χ2n) is 5.34. The number of nitro groups is 1. The Hall–Kier alpha value is -2.51. The van der Waals surface area contributed by atoms with Crippen LogP contribution in [-0.2, 0) is 0 Å². The van der Waals surface area contributed by atoms with Crippen molar-refractivity contribution >= 4 is 34.8 Å². The van der Waals surface area contributed by atoms with Gasteiger partial charge in [0.25, 0.3) is 11.6 Å². The van der Waals surface area contributed by atoms with Crippen LogP contribution in [0.1, 0.15) is 28.9 Å². The minimum absolute atomic E-state index is 0.149. The highest BCUT2D eigenvalue weighted by Gasteiger charge is 2.26. The molecule has 0 radical (unpaired) electrons. The van der Waals surface area contributed by atoms with Crippen molar-refractivity contribution < 1.29 is 19.2 Å². The highest BCUT2D eigenvalue weighted by molar-refractivity contribution is 6.35. The van der Waals surface area contributed by atoms with Crippen LogP contribution in [-0.4, -0.2) is 25.1 Å². The van der Waals surface area contributed by atoms with Gasteiger partial charge >= 0.3 is 0 Å². The number of rotatable bonds is 6. The number of hydrogen-bond donors (Lipinski definition) is 1. The molecule has 2 aromatic carbocycles. The van der Waals surface area contributed by atoms with Gasteiger partial charge in [0.1, 0.15) is 5.56 Å². The van der Waals surface area contributed by atoms with Crippen LogP contribution in [0.2, 0.25) is 10.0 Å². The quantitative estimate of drug-likeness (QED) is 0.574. The van der Waals surface area contributed by atoms with Crippen LogP contribution in [0, 0.1) is 10.1 Å². The average Bonchev–Trinajstić information content (AvgIpc) is 2.59. The summed E-state index contributed by atoms with van der Waals surface area (Å²) in [6.45, 7) is 1.71. The largest absolute Gasteiger partial charge is 0.493 e. The smallest absolute Gasteiger partial charge is 0.286 e. The van der Waals surface area contributed by atoms with E-state index in [4.69, 9.17) is 32.7 Å². The molecule has 0 aromatic heterocycles. The Kier molecular flexibility index (Phi) is 6.28. The number of carbonyl (C=O) groups excluding carboxylic acids is 1. The van der Waals surface area contributed by atoms with Crippen molar-refractivity contribution in [2.24, 2.45) is 0 Å². The number of carbonyl (C=O) groups is 1.